The third kappa shape index (κ3) is 2.41. The van der Waals surface area contributed by atoms with E-state index in [9.17, 15) is 0 Å². The molecule has 1 fully saturated rings. The van der Waals surface area contributed by atoms with Crippen molar-refractivity contribution in [2.24, 2.45) is 17.8 Å². The monoisotopic (exact) mass is 230 g/mol. The van der Waals surface area contributed by atoms with Gasteiger partial charge in [-0.3, -0.25) is 0 Å². The molecule has 1 aromatic carbocycles. The van der Waals surface area contributed by atoms with E-state index in [1.54, 1.807) is 5.56 Å². The molecule has 4 atom stereocenters. The second-order valence-electron chi connectivity index (χ2n) is 6.22. The lowest BCUT2D eigenvalue weighted by molar-refractivity contribution is 0.169. The average Bonchev–Trinajstić information content (AvgIpc) is 2.30. The summed E-state index contributed by atoms with van der Waals surface area (Å²) in [7, 11) is 0. The molecule has 0 heterocycles. The largest absolute Gasteiger partial charge is 0.0622 e. The van der Waals surface area contributed by atoms with Gasteiger partial charge in [-0.25, -0.2) is 0 Å². The predicted octanol–water partition coefficient (Wildman–Crippen LogP) is 5.09. The minimum absolute atomic E-state index is 0.778. The van der Waals surface area contributed by atoms with Gasteiger partial charge in [0.1, 0.15) is 0 Å². The van der Waals surface area contributed by atoms with Crippen molar-refractivity contribution in [3.05, 3.63) is 34.9 Å². The highest BCUT2D eigenvalue weighted by atomic mass is 14.4. The van der Waals surface area contributed by atoms with Gasteiger partial charge in [0.2, 0.25) is 0 Å². The smallest absolute Gasteiger partial charge is 0.0133 e. The molecule has 1 aliphatic rings. The Labute approximate surface area is 106 Å². The van der Waals surface area contributed by atoms with Gasteiger partial charge in [0.15, 0.2) is 0 Å². The van der Waals surface area contributed by atoms with Crippen LogP contribution in [-0.4, -0.2) is 0 Å². The number of hydrogen-bond donors (Lipinski definition) is 0. The van der Waals surface area contributed by atoms with Crippen LogP contribution >= 0.6 is 0 Å². The van der Waals surface area contributed by atoms with Gasteiger partial charge >= 0.3 is 0 Å². The van der Waals surface area contributed by atoms with Crippen molar-refractivity contribution in [2.75, 3.05) is 0 Å². The van der Waals surface area contributed by atoms with E-state index in [1.165, 1.54) is 24.0 Å². The molecule has 4 unspecified atom stereocenters. The first-order chi connectivity index (χ1) is 8.00. The minimum atomic E-state index is 0.778. The van der Waals surface area contributed by atoms with Crippen LogP contribution in [0.15, 0.2) is 18.2 Å². The molecule has 0 radical (unpaired) electrons. The van der Waals surface area contributed by atoms with E-state index in [2.05, 4.69) is 52.8 Å². The maximum atomic E-state index is 2.44. The molecule has 0 nitrogen and oxygen atoms in total. The zero-order valence-corrected chi connectivity index (χ0v) is 12.0. The van der Waals surface area contributed by atoms with Crippen LogP contribution in [0.2, 0.25) is 0 Å². The molecular weight excluding hydrogens is 204 g/mol. The van der Waals surface area contributed by atoms with E-state index in [0.717, 1.165) is 23.7 Å². The lowest BCUT2D eigenvalue weighted by atomic mass is 9.66. The topological polar surface area (TPSA) is 0 Å². The Hall–Kier alpha value is -0.780. The molecule has 1 saturated carbocycles. The van der Waals surface area contributed by atoms with Crippen molar-refractivity contribution < 1.29 is 0 Å². The molecule has 0 N–H and O–H groups in total. The highest BCUT2D eigenvalue weighted by Crippen LogP contribution is 2.43. The fraction of sp³-hybridized carbons (Fsp3) is 0.647. The minimum Gasteiger partial charge on any atom is -0.0622 e. The van der Waals surface area contributed by atoms with Crippen LogP contribution in [-0.2, 0) is 0 Å². The first-order valence-corrected chi connectivity index (χ1v) is 7.08. The summed E-state index contributed by atoms with van der Waals surface area (Å²) in [4.78, 5) is 0. The van der Waals surface area contributed by atoms with Crippen molar-refractivity contribution in [1.29, 1.82) is 0 Å². The Morgan fingerprint density at radius 1 is 0.882 bits per heavy atom. The van der Waals surface area contributed by atoms with Crippen molar-refractivity contribution >= 4 is 0 Å². The third-order valence-corrected chi connectivity index (χ3v) is 5.25. The van der Waals surface area contributed by atoms with Crippen LogP contribution in [0.4, 0.5) is 0 Å². The molecule has 0 saturated heterocycles. The lowest BCUT2D eigenvalue weighted by Gasteiger charge is -2.39. The third-order valence-electron chi connectivity index (χ3n) is 5.25. The molecule has 0 aliphatic heterocycles. The van der Waals surface area contributed by atoms with Gasteiger partial charge in [0.05, 0.1) is 0 Å². The van der Waals surface area contributed by atoms with Gasteiger partial charge < -0.3 is 0 Å². The Morgan fingerprint density at radius 2 is 1.59 bits per heavy atom. The zero-order valence-electron chi connectivity index (χ0n) is 12.0. The maximum absolute atomic E-state index is 2.44. The zero-order chi connectivity index (χ0) is 12.6. The Balaban J connectivity index is 2.24. The summed E-state index contributed by atoms with van der Waals surface area (Å²) in [6.07, 6.45) is 2.76. The predicted molar refractivity (Wildman–Crippen MR) is 75.4 cm³/mol. The van der Waals surface area contributed by atoms with E-state index >= 15 is 0 Å². The second kappa shape index (κ2) is 4.84. The van der Waals surface area contributed by atoms with E-state index in [0.29, 0.717) is 0 Å². The van der Waals surface area contributed by atoms with Gasteiger partial charge in [0, 0.05) is 0 Å². The molecule has 0 spiro atoms. The van der Waals surface area contributed by atoms with Crippen LogP contribution in [0.25, 0.3) is 0 Å². The first-order valence-electron chi connectivity index (χ1n) is 7.08. The van der Waals surface area contributed by atoms with Gasteiger partial charge in [-0.05, 0) is 67.1 Å². The van der Waals surface area contributed by atoms with E-state index < -0.39 is 0 Å². The summed E-state index contributed by atoms with van der Waals surface area (Å²) in [6.45, 7) is 11.7. The summed E-state index contributed by atoms with van der Waals surface area (Å²) < 4.78 is 0. The number of hydrogen-bond acceptors (Lipinski definition) is 0. The van der Waals surface area contributed by atoms with Gasteiger partial charge in [-0.1, -0.05) is 39.0 Å². The molecule has 94 valence electrons. The summed E-state index contributed by atoms with van der Waals surface area (Å²) in [5, 5.41) is 0. The van der Waals surface area contributed by atoms with Gasteiger partial charge in [-0.15, -0.1) is 0 Å². The lowest BCUT2D eigenvalue weighted by Crippen LogP contribution is -2.28. The highest BCUT2D eigenvalue weighted by molar-refractivity contribution is 5.32. The van der Waals surface area contributed by atoms with Crippen LogP contribution in [0, 0.1) is 31.6 Å². The Bertz CT molecular complexity index is 391. The first kappa shape index (κ1) is 12.7. The second-order valence-corrected chi connectivity index (χ2v) is 6.22. The fourth-order valence-electron chi connectivity index (χ4n) is 3.32. The molecule has 0 amide bonds. The molecule has 17 heavy (non-hydrogen) atoms. The molecule has 0 heteroatoms. The Morgan fingerprint density at radius 3 is 2.24 bits per heavy atom. The van der Waals surface area contributed by atoms with E-state index in [4.69, 9.17) is 0 Å². The number of benzene rings is 1. The molecule has 1 aromatic rings. The van der Waals surface area contributed by atoms with Crippen LogP contribution < -0.4 is 0 Å². The van der Waals surface area contributed by atoms with Crippen LogP contribution in [0.3, 0.4) is 0 Å². The summed E-state index contributed by atoms with van der Waals surface area (Å²) in [6, 6.07) is 7.06. The molecular formula is C17H26. The normalized spacial score (nSPS) is 33.7. The molecule has 1 aliphatic carbocycles. The van der Waals surface area contributed by atoms with Crippen molar-refractivity contribution in [3.63, 3.8) is 0 Å². The van der Waals surface area contributed by atoms with Crippen molar-refractivity contribution in [1.82, 2.24) is 0 Å². The van der Waals surface area contributed by atoms with Gasteiger partial charge in [0.25, 0.3) is 0 Å². The average molecular weight is 230 g/mol. The number of aryl methyl sites for hydroxylation is 2. The van der Waals surface area contributed by atoms with Gasteiger partial charge in [-0.2, -0.15) is 0 Å². The summed E-state index contributed by atoms with van der Waals surface area (Å²) >= 11 is 0. The summed E-state index contributed by atoms with van der Waals surface area (Å²) in [5.74, 6) is 3.35. The number of rotatable bonds is 1. The van der Waals surface area contributed by atoms with E-state index in [1.807, 2.05) is 0 Å². The molecule has 2 rings (SSSR count). The molecule has 0 aromatic heterocycles. The quantitative estimate of drug-likeness (QED) is 0.630. The highest BCUT2D eigenvalue weighted by Gasteiger charge is 2.32. The standard InChI is InChI=1S/C17H26/c1-11-6-8-16(10-13(11)3)17-9-7-12(2)14(4)15(17)5/h6,8,10,12,14-15,17H,7,9H2,1-5H3. The van der Waals surface area contributed by atoms with E-state index in [-0.39, 0.29) is 0 Å². The molecule has 0 bridgehead atoms. The summed E-state index contributed by atoms with van der Waals surface area (Å²) in [5.41, 5.74) is 4.43. The fourth-order valence-corrected chi connectivity index (χ4v) is 3.32. The van der Waals surface area contributed by atoms with Crippen LogP contribution in [0.5, 0.6) is 0 Å². The SMILES string of the molecule is Cc1ccc(C2CCC(C)C(C)C2C)cc1C. The van der Waals surface area contributed by atoms with Crippen LogP contribution in [0.1, 0.15) is 56.2 Å². The Kier molecular flexibility index (Phi) is 3.61. The van der Waals surface area contributed by atoms with Crippen molar-refractivity contribution in [2.45, 2.75) is 53.4 Å². The maximum Gasteiger partial charge on any atom is -0.0133 e. The van der Waals surface area contributed by atoms with Crippen molar-refractivity contribution in [3.8, 4) is 0 Å².